The summed E-state index contributed by atoms with van der Waals surface area (Å²) in [5.41, 5.74) is 7.10. The molecule has 2 fully saturated rings. The predicted molar refractivity (Wildman–Crippen MR) is 78.5 cm³/mol. The number of ether oxygens (including phenoxy) is 1. The van der Waals surface area contributed by atoms with Crippen LogP contribution in [0.2, 0.25) is 0 Å². The zero-order valence-electron chi connectivity index (χ0n) is 12.3. The molecule has 0 radical (unpaired) electrons. The Morgan fingerprint density at radius 2 is 2.00 bits per heavy atom. The van der Waals surface area contributed by atoms with Gasteiger partial charge in [0.05, 0.1) is 5.69 Å². The molecule has 4 heteroatoms. The van der Waals surface area contributed by atoms with Gasteiger partial charge in [-0.15, -0.1) is 0 Å². The quantitative estimate of drug-likeness (QED) is 0.861. The van der Waals surface area contributed by atoms with Gasteiger partial charge < -0.3 is 15.0 Å². The zero-order chi connectivity index (χ0) is 14.3. The van der Waals surface area contributed by atoms with Gasteiger partial charge in [0.15, 0.2) is 0 Å². The summed E-state index contributed by atoms with van der Waals surface area (Å²) in [6.07, 6.45) is 7.30. The number of anilines is 1. The van der Waals surface area contributed by atoms with E-state index in [2.05, 4.69) is 13.8 Å². The van der Waals surface area contributed by atoms with Crippen molar-refractivity contribution in [3.8, 4) is 0 Å². The van der Waals surface area contributed by atoms with E-state index in [0.717, 1.165) is 38.0 Å². The van der Waals surface area contributed by atoms with E-state index in [1.165, 1.54) is 0 Å². The number of rotatable bonds is 3. The maximum atomic E-state index is 12.4. The number of nitrogen functional groups attached to an aromatic ring is 1. The van der Waals surface area contributed by atoms with Gasteiger partial charge in [-0.1, -0.05) is 13.8 Å². The van der Waals surface area contributed by atoms with Crippen LogP contribution in [-0.4, -0.2) is 16.6 Å². The van der Waals surface area contributed by atoms with Gasteiger partial charge in [-0.2, -0.15) is 0 Å². The molecule has 0 aliphatic heterocycles. The number of carbonyl (C=O) groups excluding carboxylic acids is 1. The lowest BCUT2D eigenvalue weighted by molar-refractivity contribution is 0.00769. The number of esters is 1. The fourth-order valence-corrected chi connectivity index (χ4v) is 3.14. The van der Waals surface area contributed by atoms with Crippen molar-refractivity contribution >= 4 is 11.7 Å². The van der Waals surface area contributed by atoms with Crippen molar-refractivity contribution in [3.63, 3.8) is 0 Å². The van der Waals surface area contributed by atoms with Crippen LogP contribution in [0.3, 0.4) is 0 Å². The molecule has 20 heavy (non-hydrogen) atoms. The Kier molecular flexibility index (Phi) is 3.48. The molecule has 2 aliphatic carbocycles. The molecule has 0 saturated heterocycles. The van der Waals surface area contributed by atoms with Crippen LogP contribution >= 0.6 is 0 Å². The van der Waals surface area contributed by atoms with Crippen LogP contribution in [0.4, 0.5) is 5.69 Å². The fourth-order valence-electron chi connectivity index (χ4n) is 3.14. The molecule has 0 amide bonds. The highest BCUT2D eigenvalue weighted by Crippen LogP contribution is 2.38. The first-order valence-electron chi connectivity index (χ1n) is 7.73. The molecule has 110 valence electrons. The number of nitrogens with zero attached hydrogens (tertiary/aromatic N) is 1. The molecule has 2 aliphatic rings. The number of carbonyl (C=O) groups is 1. The molecule has 2 N–H and O–H groups in total. The molecule has 3 rings (SSSR count). The molecule has 3 atom stereocenters. The molecule has 2 saturated carbocycles. The van der Waals surface area contributed by atoms with E-state index < -0.39 is 0 Å². The third-order valence-corrected chi connectivity index (χ3v) is 4.84. The van der Waals surface area contributed by atoms with Gasteiger partial charge in [-0.05, 0) is 50.0 Å². The number of hydrogen-bond donors (Lipinski definition) is 1. The normalized spacial score (nSPS) is 30.2. The van der Waals surface area contributed by atoms with Gasteiger partial charge in [0.25, 0.3) is 0 Å². The lowest BCUT2D eigenvalue weighted by Crippen LogP contribution is -2.29. The number of aromatic nitrogens is 1. The fraction of sp³-hybridized carbons (Fsp3) is 0.688. The molecule has 1 aromatic heterocycles. The average Bonchev–Trinajstić information content (AvgIpc) is 3.17. The van der Waals surface area contributed by atoms with Gasteiger partial charge >= 0.3 is 5.97 Å². The summed E-state index contributed by atoms with van der Waals surface area (Å²) in [4.78, 5) is 12.4. The Labute approximate surface area is 120 Å². The van der Waals surface area contributed by atoms with Crippen molar-refractivity contribution in [1.82, 2.24) is 4.57 Å². The summed E-state index contributed by atoms with van der Waals surface area (Å²) in [5.74, 6) is 1.15. The SMILES string of the molecule is CC1CCC(OC(=O)c2cc(N)cn2C2CC2)CC1C. The molecule has 1 heterocycles. The van der Waals surface area contributed by atoms with Crippen LogP contribution < -0.4 is 5.73 Å². The highest BCUT2D eigenvalue weighted by molar-refractivity contribution is 5.89. The van der Waals surface area contributed by atoms with Crippen molar-refractivity contribution in [2.45, 2.75) is 58.1 Å². The standard InChI is InChI=1S/C16H24N2O2/c1-10-3-6-14(7-11(10)2)20-16(19)15-8-12(17)9-18(15)13-4-5-13/h8-11,13-14H,3-7,17H2,1-2H3. The van der Waals surface area contributed by atoms with Crippen LogP contribution in [0.15, 0.2) is 12.3 Å². The van der Waals surface area contributed by atoms with Gasteiger partial charge in [0.2, 0.25) is 0 Å². The monoisotopic (exact) mass is 276 g/mol. The molecule has 1 aromatic rings. The van der Waals surface area contributed by atoms with Gasteiger partial charge in [-0.3, -0.25) is 0 Å². The van der Waals surface area contributed by atoms with Crippen LogP contribution in [0, 0.1) is 11.8 Å². The van der Waals surface area contributed by atoms with Crippen LogP contribution in [-0.2, 0) is 4.74 Å². The Bertz CT molecular complexity index is 505. The molecule has 0 bridgehead atoms. The lowest BCUT2D eigenvalue weighted by atomic mass is 9.80. The minimum atomic E-state index is -0.208. The van der Waals surface area contributed by atoms with E-state index in [9.17, 15) is 4.79 Å². The van der Waals surface area contributed by atoms with E-state index in [4.69, 9.17) is 10.5 Å². The van der Waals surface area contributed by atoms with Crippen LogP contribution in [0.25, 0.3) is 0 Å². The van der Waals surface area contributed by atoms with Crippen LogP contribution in [0.5, 0.6) is 0 Å². The highest BCUT2D eigenvalue weighted by Gasteiger charge is 2.31. The summed E-state index contributed by atoms with van der Waals surface area (Å²) in [7, 11) is 0. The van der Waals surface area contributed by atoms with E-state index in [1.54, 1.807) is 6.07 Å². The number of nitrogens with two attached hydrogens (primary N) is 1. The van der Waals surface area contributed by atoms with E-state index in [0.29, 0.717) is 23.3 Å². The van der Waals surface area contributed by atoms with Gasteiger partial charge in [-0.25, -0.2) is 4.79 Å². The minimum Gasteiger partial charge on any atom is -0.458 e. The third-order valence-electron chi connectivity index (χ3n) is 4.84. The summed E-state index contributed by atoms with van der Waals surface area (Å²) in [6.45, 7) is 4.52. The first-order valence-corrected chi connectivity index (χ1v) is 7.73. The predicted octanol–water partition coefficient (Wildman–Crippen LogP) is 3.39. The van der Waals surface area contributed by atoms with E-state index >= 15 is 0 Å². The average molecular weight is 276 g/mol. The second-order valence-electron chi connectivity index (χ2n) is 6.59. The van der Waals surface area contributed by atoms with Crippen molar-refractivity contribution in [1.29, 1.82) is 0 Å². The van der Waals surface area contributed by atoms with Crippen LogP contribution in [0.1, 0.15) is 62.5 Å². The van der Waals surface area contributed by atoms with Gasteiger partial charge in [0, 0.05) is 12.2 Å². The molecular formula is C16H24N2O2. The lowest BCUT2D eigenvalue weighted by Gasteiger charge is -2.31. The zero-order valence-corrected chi connectivity index (χ0v) is 12.3. The molecule has 0 aromatic carbocycles. The molecular weight excluding hydrogens is 252 g/mol. The smallest absolute Gasteiger partial charge is 0.355 e. The summed E-state index contributed by atoms with van der Waals surface area (Å²) >= 11 is 0. The Morgan fingerprint density at radius 3 is 2.65 bits per heavy atom. The first-order chi connectivity index (χ1) is 9.54. The maximum Gasteiger partial charge on any atom is 0.355 e. The summed E-state index contributed by atoms with van der Waals surface area (Å²) in [6, 6.07) is 2.19. The second-order valence-corrected chi connectivity index (χ2v) is 6.59. The van der Waals surface area contributed by atoms with Crippen molar-refractivity contribution in [2.24, 2.45) is 11.8 Å². The minimum absolute atomic E-state index is 0.0671. The second kappa shape index (κ2) is 5.15. The van der Waals surface area contributed by atoms with Crippen molar-refractivity contribution in [3.05, 3.63) is 18.0 Å². The molecule has 3 unspecified atom stereocenters. The maximum absolute atomic E-state index is 12.4. The van der Waals surface area contributed by atoms with Gasteiger partial charge in [0.1, 0.15) is 11.8 Å². The first kappa shape index (κ1) is 13.5. The number of hydrogen-bond acceptors (Lipinski definition) is 3. The highest BCUT2D eigenvalue weighted by atomic mass is 16.5. The Hall–Kier alpha value is -1.45. The Morgan fingerprint density at radius 1 is 1.25 bits per heavy atom. The third kappa shape index (κ3) is 2.69. The molecule has 4 nitrogen and oxygen atoms in total. The Balaban J connectivity index is 1.67. The van der Waals surface area contributed by atoms with Crippen molar-refractivity contribution in [2.75, 3.05) is 5.73 Å². The summed E-state index contributed by atoms with van der Waals surface area (Å²) < 4.78 is 7.71. The van der Waals surface area contributed by atoms with Crippen molar-refractivity contribution < 1.29 is 9.53 Å². The summed E-state index contributed by atoms with van der Waals surface area (Å²) in [5, 5.41) is 0. The van der Waals surface area contributed by atoms with E-state index in [1.807, 2.05) is 10.8 Å². The topological polar surface area (TPSA) is 57.2 Å². The largest absolute Gasteiger partial charge is 0.458 e. The molecule has 0 spiro atoms. The van der Waals surface area contributed by atoms with E-state index in [-0.39, 0.29) is 12.1 Å².